The first-order valence-electron chi connectivity index (χ1n) is 6.27. The van der Waals surface area contributed by atoms with Crippen LogP contribution in [0.3, 0.4) is 0 Å². The molecule has 0 radical (unpaired) electrons. The van der Waals surface area contributed by atoms with Crippen LogP contribution in [0.15, 0.2) is 29.3 Å². The van der Waals surface area contributed by atoms with Crippen molar-refractivity contribution in [3.8, 4) is 0 Å². The maximum atomic E-state index is 13.3. The molecule has 0 fully saturated rings. The molecule has 1 heterocycles. The van der Waals surface area contributed by atoms with Crippen molar-refractivity contribution >= 4 is 11.9 Å². The lowest BCUT2D eigenvalue weighted by atomic mass is 9.89. The Morgan fingerprint density at radius 2 is 2.16 bits per heavy atom. The smallest absolute Gasteiger partial charge is 0.346 e. The predicted octanol–water partition coefficient (Wildman–Crippen LogP) is 2.33. The molecule has 2 rings (SSSR count). The highest BCUT2D eigenvalue weighted by Crippen LogP contribution is 2.29. The Balaban J connectivity index is 2.35. The summed E-state index contributed by atoms with van der Waals surface area (Å²) >= 11 is 0. The first kappa shape index (κ1) is 13.5. The summed E-state index contributed by atoms with van der Waals surface area (Å²) in [4.78, 5) is 17.4. The maximum Gasteiger partial charge on any atom is 0.346 e. The molecule has 2 amide bonds. The van der Waals surface area contributed by atoms with Gasteiger partial charge in [-0.25, -0.2) is 9.18 Å². The predicted molar refractivity (Wildman–Crippen MR) is 72.5 cm³/mol. The first-order chi connectivity index (χ1) is 8.84. The number of carbonyl (C=O) groups is 1. The van der Waals surface area contributed by atoms with Gasteiger partial charge in [0.25, 0.3) is 0 Å². The number of amidine groups is 1. The van der Waals surface area contributed by atoms with Crippen LogP contribution >= 0.6 is 0 Å². The first-order valence-corrected chi connectivity index (χ1v) is 6.27. The van der Waals surface area contributed by atoms with Crippen LogP contribution in [0.1, 0.15) is 26.3 Å². The molecule has 1 atom stereocenters. The molecule has 19 heavy (non-hydrogen) atoms. The molecule has 0 aromatic heterocycles. The van der Waals surface area contributed by atoms with Gasteiger partial charge in [0.2, 0.25) is 0 Å². The molecule has 1 aromatic rings. The summed E-state index contributed by atoms with van der Waals surface area (Å²) in [5, 5.41) is 0. The second-order valence-electron chi connectivity index (χ2n) is 5.32. The number of aliphatic imine (C=N–C) groups is 1. The van der Waals surface area contributed by atoms with Crippen molar-refractivity contribution in [3.05, 3.63) is 35.6 Å². The highest BCUT2D eigenvalue weighted by Gasteiger charge is 2.45. The van der Waals surface area contributed by atoms with E-state index >= 15 is 0 Å². The lowest BCUT2D eigenvalue weighted by Crippen LogP contribution is -2.55. The van der Waals surface area contributed by atoms with E-state index in [0.29, 0.717) is 6.42 Å². The minimum atomic E-state index is -0.695. The van der Waals surface area contributed by atoms with Gasteiger partial charge in [-0.1, -0.05) is 12.1 Å². The number of benzene rings is 1. The number of hydrogen-bond acceptors (Lipinski definition) is 2. The monoisotopic (exact) mass is 263 g/mol. The van der Waals surface area contributed by atoms with E-state index in [4.69, 9.17) is 5.73 Å². The number of halogens is 1. The Bertz CT molecular complexity index is 541. The van der Waals surface area contributed by atoms with E-state index < -0.39 is 5.54 Å². The Morgan fingerprint density at radius 3 is 2.74 bits per heavy atom. The third-order valence-corrected chi connectivity index (χ3v) is 3.46. The van der Waals surface area contributed by atoms with Gasteiger partial charge in [-0.3, -0.25) is 0 Å². The third-order valence-electron chi connectivity index (χ3n) is 3.46. The average Bonchev–Trinajstić information content (AvgIpc) is 2.48. The molecule has 1 aliphatic rings. The molecule has 0 spiro atoms. The van der Waals surface area contributed by atoms with Crippen molar-refractivity contribution in [2.75, 3.05) is 0 Å². The van der Waals surface area contributed by atoms with Crippen LogP contribution in [0.2, 0.25) is 0 Å². The number of rotatable bonds is 3. The molecule has 4 nitrogen and oxygen atoms in total. The second-order valence-corrected chi connectivity index (χ2v) is 5.32. The van der Waals surface area contributed by atoms with E-state index in [-0.39, 0.29) is 23.7 Å². The standard InChI is InChI=1S/C14H18FN3O/c1-9(2)18-13(19)17-12(16)14(18,3)8-10-5-4-6-11(15)7-10/h4-7,9H,8H2,1-3H3,(H2,16,17,19). The molecule has 1 aliphatic heterocycles. The molecule has 0 saturated heterocycles. The number of carbonyl (C=O) groups excluding carboxylic acids is 1. The molecule has 0 aliphatic carbocycles. The van der Waals surface area contributed by atoms with Crippen LogP contribution in [0, 0.1) is 5.82 Å². The third kappa shape index (κ3) is 2.32. The zero-order valence-corrected chi connectivity index (χ0v) is 11.4. The Labute approximate surface area is 112 Å². The van der Waals surface area contributed by atoms with Crippen molar-refractivity contribution in [3.63, 3.8) is 0 Å². The molecular weight excluding hydrogens is 245 g/mol. The van der Waals surface area contributed by atoms with Crippen molar-refractivity contribution < 1.29 is 9.18 Å². The number of hydrogen-bond donors (Lipinski definition) is 1. The van der Waals surface area contributed by atoms with Crippen molar-refractivity contribution in [2.45, 2.75) is 38.8 Å². The van der Waals surface area contributed by atoms with Crippen LogP contribution in [-0.2, 0) is 6.42 Å². The highest BCUT2D eigenvalue weighted by molar-refractivity contribution is 6.05. The van der Waals surface area contributed by atoms with Crippen molar-refractivity contribution in [1.82, 2.24) is 4.90 Å². The summed E-state index contributed by atoms with van der Waals surface area (Å²) in [5.74, 6) is -0.00695. The number of amides is 2. The number of urea groups is 1. The molecule has 2 N–H and O–H groups in total. The average molecular weight is 263 g/mol. The summed E-state index contributed by atoms with van der Waals surface area (Å²) in [6.07, 6.45) is 0.448. The van der Waals surface area contributed by atoms with Gasteiger partial charge in [-0.15, -0.1) is 0 Å². The molecule has 0 bridgehead atoms. The quantitative estimate of drug-likeness (QED) is 0.909. The van der Waals surface area contributed by atoms with Crippen LogP contribution in [0.4, 0.5) is 9.18 Å². The molecular formula is C14H18FN3O. The second kappa shape index (κ2) is 4.64. The Hall–Kier alpha value is -1.91. The van der Waals surface area contributed by atoms with Crippen LogP contribution in [0.25, 0.3) is 0 Å². The minimum Gasteiger partial charge on any atom is -0.385 e. The lowest BCUT2D eigenvalue weighted by molar-refractivity contribution is 0.155. The highest BCUT2D eigenvalue weighted by atomic mass is 19.1. The maximum absolute atomic E-state index is 13.3. The Kier molecular flexibility index (Phi) is 3.30. The summed E-state index contributed by atoms with van der Waals surface area (Å²) in [7, 11) is 0. The summed E-state index contributed by atoms with van der Waals surface area (Å²) in [5.41, 5.74) is 6.01. The molecule has 1 unspecified atom stereocenters. The molecule has 1 aromatic carbocycles. The van der Waals surface area contributed by atoms with E-state index in [1.807, 2.05) is 26.8 Å². The van der Waals surface area contributed by atoms with Crippen LogP contribution < -0.4 is 5.73 Å². The van der Waals surface area contributed by atoms with Crippen LogP contribution in [-0.4, -0.2) is 28.3 Å². The van der Waals surface area contributed by atoms with Gasteiger partial charge in [-0.2, -0.15) is 4.99 Å². The molecule has 0 saturated carbocycles. The van der Waals surface area contributed by atoms with Gasteiger partial charge in [0.1, 0.15) is 17.2 Å². The summed E-state index contributed by atoms with van der Waals surface area (Å²) < 4.78 is 13.3. The van der Waals surface area contributed by atoms with Crippen molar-refractivity contribution in [1.29, 1.82) is 0 Å². The zero-order valence-electron chi connectivity index (χ0n) is 11.4. The lowest BCUT2D eigenvalue weighted by Gasteiger charge is -2.37. The fourth-order valence-electron chi connectivity index (χ4n) is 2.62. The van der Waals surface area contributed by atoms with Crippen molar-refractivity contribution in [2.24, 2.45) is 10.7 Å². The number of nitrogens with zero attached hydrogens (tertiary/aromatic N) is 2. The van der Waals surface area contributed by atoms with E-state index in [1.54, 1.807) is 11.0 Å². The molecule has 5 heteroatoms. The normalized spacial score (nSPS) is 23.1. The van der Waals surface area contributed by atoms with E-state index in [2.05, 4.69) is 4.99 Å². The Morgan fingerprint density at radius 1 is 1.47 bits per heavy atom. The topological polar surface area (TPSA) is 58.7 Å². The fraction of sp³-hybridized carbons (Fsp3) is 0.429. The van der Waals surface area contributed by atoms with Gasteiger partial charge in [0, 0.05) is 12.5 Å². The molecule has 102 valence electrons. The fourth-order valence-corrected chi connectivity index (χ4v) is 2.62. The summed E-state index contributed by atoms with van der Waals surface area (Å²) in [6, 6.07) is 5.98. The van der Waals surface area contributed by atoms with E-state index in [9.17, 15) is 9.18 Å². The largest absolute Gasteiger partial charge is 0.385 e. The summed E-state index contributed by atoms with van der Waals surface area (Å²) in [6.45, 7) is 5.69. The van der Waals surface area contributed by atoms with E-state index in [1.165, 1.54) is 12.1 Å². The SMILES string of the molecule is CC(C)N1C(=O)N=C(N)C1(C)Cc1cccc(F)c1. The zero-order chi connectivity index (χ0) is 14.2. The van der Waals surface area contributed by atoms with Gasteiger partial charge in [0.15, 0.2) is 0 Å². The van der Waals surface area contributed by atoms with Gasteiger partial charge < -0.3 is 10.6 Å². The number of nitrogens with two attached hydrogens (primary N) is 1. The van der Waals surface area contributed by atoms with E-state index in [0.717, 1.165) is 5.56 Å². The minimum absolute atomic E-state index is 0.0177. The van der Waals surface area contributed by atoms with Gasteiger partial charge in [-0.05, 0) is 38.5 Å². The van der Waals surface area contributed by atoms with Gasteiger partial charge >= 0.3 is 6.03 Å². The van der Waals surface area contributed by atoms with Gasteiger partial charge in [0.05, 0.1) is 0 Å². The van der Waals surface area contributed by atoms with Crippen LogP contribution in [0.5, 0.6) is 0 Å².